The number of methoxy groups -OCH3 is 2. The third-order valence-electron chi connectivity index (χ3n) is 5.43. The average molecular weight is 546 g/mol. The van der Waals surface area contributed by atoms with Crippen LogP contribution in [0.1, 0.15) is 18.2 Å². The Bertz CT molecular complexity index is 1640. The van der Waals surface area contributed by atoms with Crippen molar-refractivity contribution in [3.05, 3.63) is 58.5 Å². The number of hydrogen-bond donors (Lipinski definition) is 1. The number of rotatable bonds is 7. The lowest BCUT2D eigenvalue weighted by Gasteiger charge is -2.13. The van der Waals surface area contributed by atoms with Gasteiger partial charge in [-0.2, -0.15) is 9.97 Å². The minimum absolute atomic E-state index is 0.0599. The molecule has 5 rings (SSSR count). The van der Waals surface area contributed by atoms with Gasteiger partial charge in [-0.15, -0.1) is 6.42 Å². The molecule has 9 nitrogen and oxygen atoms in total. The summed E-state index contributed by atoms with van der Waals surface area (Å²) in [5, 5.41) is 0.690. The Balaban J connectivity index is 1.60. The number of benzene rings is 2. The van der Waals surface area contributed by atoms with Gasteiger partial charge < -0.3 is 23.9 Å². The Morgan fingerprint density at radius 1 is 0.972 bits per heavy atom. The van der Waals surface area contributed by atoms with Gasteiger partial charge in [-0.25, -0.2) is 0 Å². The number of nitrogens with zero attached hydrogens (tertiary/aromatic N) is 4. The molecule has 0 saturated carbocycles. The highest BCUT2D eigenvalue weighted by Gasteiger charge is 2.20. The number of nitrogens with one attached hydrogen (secondary N) is 1. The van der Waals surface area contributed by atoms with Crippen LogP contribution in [0.25, 0.3) is 22.1 Å². The van der Waals surface area contributed by atoms with E-state index in [-0.39, 0.29) is 6.01 Å². The lowest BCUT2D eigenvalue weighted by Crippen LogP contribution is -1.99. The van der Waals surface area contributed by atoms with Crippen molar-refractivity contribution in [1.29, 1.82) is 0 Å². The summed E-state index contributed by atoms with van der Waals surface area (Å²) in [4.78, 5) is 21.1. The Morgan fingerprint density at radius 2 is 1.78 bits per heavy atom. The molecule has 0 bridgehead atoms. The van der Waals surface area contributed by atoms with E-state index in [0.717, 1.165) is 22.1 Å². The van der Waals surface area contributed by atoms with E-state index in [1.807, 2.05) is 13.0 Å². The van der Waals surface area contributed by atoms with Gasteiger partial charge in [-0.1, -0.05) is 12.8 Å². The van der Waals surface area contributed by atoms with Crippen LogP contribution in [-0.2, 0) is 6.42 Å². The largest absolute Gasteiger partial charge is 0.493 e. The molecule has 180 valence electrons. The minimum atomic E-state index is 0.0599. The number of halogens is 1. The predicted molar refractivity (Wildman–Crippen MR) is 138 cm³/mol. The Hall–Kier alpha value is -4.36. The summed E-state index contributed by atoms with van der Waals surface area (Å²) in [6, 6.07) is 8.80. The fourth-order valence-electron chi connectivity index (χ4n) is 3.75. The predicted octanol–water partition coefficient (Wildman–Crippen LogP) is 5.81. The molecule has 0 aliphatic rings. The van der Waals surface area contributed by atoms with E-state index in [1.165, 1.54) is 14.2 Å². The normalized spacial score (nSPS) is 10.9. The molecule has 3 heterocycles. The fourth-order valence-corrected chi connectivity index (χ4v) is 4.49. The highest BCUT2D eigenvalue weighted by atomic mass is 79.9. The zero-order valence-corrected chi connectivity index (χ0v) is 21.2. The highest BCUT2D eigenvalue weighted by Crippen LogP contribution is 2.39. The monoisotopic (exact) mass is 545 g/mol. The third kappa shape index (κ3) is 4.25. The molecule has 0 aliphatic carbocycles. The standard InChI is InChI=1S/C26H20BrN5O4/c1-5-14-11-16(13-20(33-3)23(14)34-4)36-26-31-24-21(22(27)17(6-2)30-24)25(32-26)35-15-7-8-18-19(12-15)29-10-9-28-18/h1,7-13H,6H2,2-4H3,(H,30,31,32). The van der Waals surface area contributed by atoms with Crippen molar-refractivity contribution in [1.82, 2.24) is 24.9 Å². The number of hydrogen-bond acceptors (Lipinski definition) is 8. The number of aromatic amines is 1. The van der Waals surface area contributed by atoms with Gasteiger partial charge >= 0.3 is 6.01 Å². The Labute approximate surface area is 215 Å². The van der Waals surface area contributed by atoms with E-state index in [0.29, 0.717) is 51.0 Å². The number of terminal acetylenes is 1. The molecular formula is C26H20BrN5O4. The smallest absolute Gasteiger partial charge is 0.327 e. The first-order valence-electron chi connectivity index (χ1n) is 10.9. The lowest BCUT2D eigenvalue weighted by molar-refractivity contribution is 0.350. The van der Waals surface area contributed by atoms with Crippen LogP contribution in [0.3, 0.4) is 0 Å². The van der Waals surface area contributed by atoms with Gasteiger partial charge in [-0.3, -0.25) is 9.97 Å². The van der Waals surface area contributed by atoms with Crippen LogP contribution in [0.4, 0.5) is 0 Å². The third-order valence-corrected chi connectivity index (χ3v) is 6.31. The summed E-state index contributed by atoms with van der Waals surface area (Å²) < 4.78 is 23.8. The van der Waals surface area contributed by atoms with Crippen LogP contribution in [-0.4, -0.2) is 39.1 Å². The van der Waals surface area contributed by atoms with Crippen molar-refractivity contribution in [3.8, 4) is 47.2 Å². The Kier molecular flexibility index (Phi) is 6.31. The first-order valence-corrected chi connectivity index (χ1v) is 11.7. The SMILES string of the molecule is C#Cc1cc(Oc2nc(Oc3ccc4nccnc4c3)c3c(Br)c(CC)[nH]c3n2)cc(OC)c1OC. The van der Waals surface area contributed by atoms with E-state index in [9.17, 15) is 0 Å². The van der Waals surface area contributed by atoms with Crippen molar-refractivity contribution in [2.45, 2.75) is 13.3 Å². The molecule has 0 fully saturated rings. The molecule has 0 aliphatic heterocycles. The molecule has 0 radical (unpaired) electrons. The molecule has 0 spiro atoms. The van der Waals surface area contributed by atoms with E-state index in [1.54, 1.807) is 36.7 Å². The molecule has 3 aromatic heterocycles. The number of aryl methyl sites for hydroxylation is 1. The zero-order valence-electron chi connectivity index (χ0n) is 19.6. The molecule has 1 N–H and O–H groups in total. The maximum absolute atomic E-state index is 6.22. The molecule has 36 heavy (non-hydrogen) atoms. The van der Waals surface area contributed by atoms with Crippen molar-refractivity contribution < 1.29 is 18.9 Å². The summed E-state index contributed by atoms with van der Waals surface area (Å²) >= 11 is 3.65. The number of aromatic nitrogens is 5. The summed E-state index contributed by atoms with van der Waals surface area (Å²) in [7, 11) is 3.04. The number of ether oxygens (including phenoxy) is 4. The first-order chi connectivity index (χ1) is 17.5. The Morgan fingerprint density at radius 3 is 2.50 bits per heavy atom. The molecular weight excluding hydrogens is 526 g/mol. The van der Waals surface area contributed by atoms with Crippen LogP contribution >= 0.6 is 15.9 Å². The molecule has 10 heteroatoms. The summed E-state index contributed by atoms with van der Waals surface area (Å²) in [5.41, 5.74) is 3.43. The van der Waals surface area contributed by atoms with E-state index >= 15 is 0 Å². The lowest BCUT2D eigenvalue weighted by atomic mass is 10.2. The first kappa shape index (κ1) is 23.4. The van der Waals surface area contributed by atoms with Gasteiger partial charge in [-0.05, 0) is 34.5 Å². The van der Waals surface area contributed by atoms with Crippen molar-refractivity contribution in [2.24, 2.45) is 0 Å². The van der Waals surface area contributed by atoms with Crippen molar-refractivity contribution in [2.75, 3.05) is 14.2 Å². The average Bonchev–Trinajstić information content (AvgIpc) is 3.23. The molecule has 0 saturated heterocycles. The molecule has 2 aromatic carbocycles. The van der Waals surface area contributed by atoms with Crippen molar-refractivity contribution in [3.63, 3.8) is 0 Å². The van der Waals surface area contributed by atoms with Gasteiger partial charge in [0.2, 0.25) is 5.88 Å². The van der Waals surface area contributed by atoms with E-state index in [4.69, 9.17) is 25.4 Å². The molecule has 0 atom stereocenters. The molecule has 0 amide bonds. The summed E-state index contributed by atoms with van der Waals surface area (Å²) in [5.74, 6) is 4.67. The minimum Gasteiger partial charge on any atom is -0.493 e. The number of fused-ring (bicyclic) bond motifs is 2. The van der Waals surface area contributed by atoms with Crippen LogP contribution in [0.15, 0.2) is 47.2 Å². The van der Waals surface area contributed by atoms with Crippen LogP contribution in [0, 0.1) is 12.3 Å². The van der Waals surface area contributed by atoms with Gasteiger partial charge in [0, 0.05) is 36.3 Å². The van der Waals surface area contributed by atoms with Gasteiger partial charge in [0.25, 0.3) is 0 Å². The van der Waals surface area contributed by atoms with Gasteiger partial charge in [0.05, 0.1) is 40.7 Å². The van der Waals surface area contributed by atoms with Crippen LogP contribution < -0.4 is 18.9 Å². The topological polar surface area (TPSA) is 104 Å². The van der Waals surface area contributed by atoms with E-state index in [2.05, 4.69) is 46.8 Å². The van der Waals surface area contributed by atoms with Crippen molar-refractivity contribution >= 4 is 38.0 Å². The van der Waals surface area contributed by atoms with E-state index < -0.39 is 0 Å². The second-order valence-corrected chi connectivity index (χ2v) is 8.36. The second kappa shape index (κ2) is 9.71. The summed E-state index contributed by atoms with van der Waals surface area (Å²) in [6.45, 7) is 2.04. The van der Waals surface area contributed by atoms with Gasteiger partial charge in [0.1, 0.15) is 17.1 Å². The molecule has 0 unspecified atom stereocenters. The maximum atomic E-state index is 6.22. The zero-order chi connectivity index (χ0) is 25.2. The highest BCUT2D eigenvalue weighted by molar-refractivity contribution is 9.10. The quantitative estimate of drug-likeness (QED) is 0.255. The number of H-pyrrole nitrogens is 1. The molecule has 5 aromatic rings. The van der Waals surface area contributed by atoms with Gasteiger partial charge in [0.15, 0.2) is 11.5 Å². The maximum Gasteiger partial charge on any atom is 0.327 e. The van der Waals surface area contributed by atoms with Crippen LogP contribution in [0.2, 0.25) is 0 Å². The summed E-state index contributed by atoms with van der Waals surface area (Å²) in [6.07, 6.45) is 9.68. The second-order valence-electron chi connectivity index (χ2n) is 7.57. The fraction of sp³-hybridized carbons (Fsp3) is 0.154. The van der Waals surface area contributed by atoms with Crippen LogP contribution in [0.5, 0.6) is 34.9 Å².